The second kappa shape index (κ2) is 5.94. The summed E-state index contributed by atoms with van der Waals surface area (Å²) in [5.74, 6) is -0.908. The van der Waals surface area contributed by atoms with Crippen molar-refractivity contribution in [1.29, 1.82) is 0 Å². The number of carbonyl (C=O) groups is 1. The van der Waals surface area contributed by atoms with E-state index in [2.05, 4.69) is 5.10 Å². The highest BCUT2D eigenvalue weighted by molar-refractivity contribution is 7.89. The summed E-state index contributed by atoms with van der Waals surface area (Å²) in [5.41, 5.74) is 0. The standard InChI is InChI=1S/C12H18ClN3O4S/c1-3-8-4-5-16(10(6-8)12(17)18)21(19,20)11-9(13)7-14-15(11)2/h7-8,10H,3-6H2,1-2H3,(H,17,18). The summed E-state index contributed by atoms with van der Waals surface area (Å²) in [6.45, 7) is 2.16. The molecule has 0 spiro atoms. The molecule has 1 aromatic rings. The first-order valence-corrected chi connectivity index (χ1v) is 8.53. The van der Waals surface area contributed by atoms with Gasteiger partial charge < -0.3 is 5.11 Å². The lowest BCUT2D eigenvalue weighted by Crippen LogP contribution is -2.50. The van der Waals surface area contributed by atoms with E-state index >= 15 is 0 Å². The van der Waals surface area contributed by atoms with Gasteiger partial charge in [-0.05, 0) is 18.8 Å². The number of hydrogen-bond acceptors (Lipinski definition) is 4. The van der Waals surface area contributed by atoms with Crippen LogP contribution in [0.3, 0.4) is 0 Å². The summed E-state index contributed by atoms with van der Waals surface area (Å²) in [6.07, 6.45) is 3.04. The molecule has 0 radical (unpaired) electrons. The van der Waals surface area contributed by atoms with E-state index in [9.17, 15) is 18.3 Å². The lowest BCUT2D eigenvalue weighted by atomic mass is 9.90. The minimum atomic E-state index is -3.98. The molecule has 9 heteroatoms. The fourth-order valence-corrected chi connectivity index (χ4v) is 4.92. The van der Waals surface area contributed by atoms with E-state index in [1.807, 2.05) is 6.92 Å². The monoisotopic (exact) mass is 335 g/mol. The Hall–Kier alpha value is -1.12. The summed E-state index contributed by atoms with van der Waals surface area (Å²) in [4.78, 5) is 11.5. The number of carboxylic acids is 1. The SMILES string of the molecule is CCC1CCN(S(=O)(=O)c2c(Cl)cnn2C)C(C(=O)O)C1. The predicted octanol–water partition coefficient (Wildman–Crippen LogP) is 1.34. The van der Waals surface area contributed by atoms with Crippen LogP contribution < -0.4 is 0 Å². The van der Waals surface area contributed by atoms with E-state index in [-0.39, 0.29) is 22.5 Å². The molecule has 1 aromatic heterocycles. The highest BCUT2D eigenvalue weighted by Gasteiger charge is 2.42. The number of sulfonamides is 1. The summed E-state index contributed by atoms with van der Waals surface area (Å²) in [6, 6.07) is -1.06. The van der Waals surface area contributed by atoms with Crippen molar-refractivity contribution in [2.45, 2.75) is 37.3 Å². The summed E-state index contributed by atoms with van der Waals surface area (Å²) >= 11 is 5.90. The number of rotatable bonds is 4. The smallest absolute Gasteiger partial charge is 0.322 e. The maximum atomic E-state index is 12.7. The van der Waals surface area contributed by atoms with Crippen LogP contribution in [0.4, 0.5) is 0 Å². The molecule has 0 bridgehead atoms. The molecule has 1 aliphatic heterocycles. The third-order valence-corrected chi connectivity index (χ3v) is 6.34. The van der Waals surface area contributed by atoms with Crippen LogP contribution in [-0.4, -0.2) is 46.2 Å². The first-order chi connectivity index (χ1) is 9.78. The molecular weight excluding hydrogens is 318 g/mol. The first kappa shape index (κ1) is 16.3. The van der Waals surface area contributed by atoms with Gasteiger partial charge in [0.15, 0.2) is 5.03 Å². The highest BCUT2D eigenvalue weighted by atomic mass is 35.5. The maximum Gasteiger partial charge on any atom is 0.322 e. The number of hydrogen-bond donors (Lipinski definition) is 1. The van der Waals surface area contributed by atoms with Gasteiger partial charge in [-0.2, -0.15) is 9.40 Å². The zero-order valence-corrected chi connectivity index (χ0v) is 13.4. The minimum Gasteiger partial charge on any atom is -0.480 e. The Bertz CT molecular complexity index is 623. The normalized spacial score (nSPS) is 24.1. The molecule has 1 fully saturated rings. The molecule has 1 saturated heterocycles. The van der Waals surface area contributed by atoms with Crippen molar-refractivity contribution < 1.29 is 18.3 Å². The number of aromatic nitrogens is 2. The molecule has 0 amide bonds. The Labute approximate surface area is 128 Å². The second-order valence-electron chi connectivity index (χ2n) is 5.19. The van der Waals surface area contributed by atoms with Crippen LogP contribution in [0, 0.1) is 5.92 Å². The average Bonchev–Trinajstić information content (AvgIpc) is 2.77. The van der Waals surface area contributed by atoms with Gasteiger partial charge in [-0.1, -0.05) is 24.9 Å². The van der Waals surface area contributed by atoms with Gasteiger partial charge in [0.1, 0.15) is 6.04 Å². The Morgan fingerprint density at radius 2 is 2.24 bits per heavy atom. The van der Waals surface area contributed by atoms with Crippen molar-refractivity contribution in [2.75, 3.05) is 6.54 Å². The van der Waals surface area contributed by atoms with Crippen LogP contribution in [0.5, 0.6) is 0 Å². The Morgan fingerprint density at radius 1 is 1.57 bits per heavy atom. The molecule has 21 heavy (non-hydrogen) atoms. The van der Waals surface area contributed by atoms with Crippen molar-refractivity contribution in [2.24, 2.45) is 13.0 Å². The maximum absolute atomic E-state index is 12.7. The van der Waals surface area contributed by atoms with E-state index < -0.39 is 22.0 Å². The lowest BCUT2D eigenvalue weighted by Gasteiger charge is -2.35. The number of aryl methyl sites for hydroxylation is 1. The van der Waals surface area contributed by atoms with Crippen molar-refractivity contribution in [3.8, 4) is 0 Å². The van der Waals surface area contributed by atoms with Crippen molar-refractivity contribution in [1.82, 2.24) is 14.1 Å². The Kier molecular flexibility index (Phi) is 4.60. The van der Waals surface area contributed by atoms with Crippen LogP contribution in [0.15, 0.2) is 11.2 Å². The molecule has 118 valence electrons. The van der Waals surface area contributed by atoms with Gasteiger partial charge in [-0.3, -0.25) is 9.48 Å². The molecule has 2 atom stereocenters. The molecule has 2 heterocycles. The molecule has 7 nitrogen and oxygen atoms in total. The first-order valence-electron chi connectivity index (χ1n) is 6.71. The zero-order valence-electron chi connectivity index (χ0n) is 11.9. The van der Waals surface area contributed by atoms with Crippen LogP contribution in [0.1, 0.15) is 26.2 Å². The molecule has 0 aromatic carbocycles. The molecule has 0 aliphatic carbocycles. The van der Waals surface area contributed by atoms with Gasteiger partial charge in [0.05, 0.1) is 11.2 Å². The van der Waals surface area contributed by atoms with Gasteiger partial charge >= 0.3 is 5.97 Å². The number of aliphatic carboxylic acids is 1. The summed E-state index contributed by atoms with van der Waals surface area (Å²) in [5, 5.41) is 13.0. The van der Waals surface area contributed by atoms with Crippen LogP contribution >= 0.6 is 11.6 Å². The molecule has 1 aliphatic rings. The number of piperidine rings is 1. The van der Waals surface area contributed by atoms with Crippen LogP contribution in [-0.2, 0) is 21.9 Å². The van der Waals surface area contributed by atoms with Crippen LogP contribution in [0.25, 0.3) is 0 Å². The van der Waals surface area contributed by atoms with E-state index in [0.29, 0.717) is 12.8 Å². The fourth-order valence-electron chi connectivity index (χ4n) is 2.70. The minimum absolute atomic E-state index is 0.000691. The summed E-state index contributed by atoms with van der Waals surface area (Å²) in [7, 11) is -2.52. The Balaban J connectivity index is 2.41. The van der Waals surface area contributed by atoms with Gasteiger partial charge in [0.25, 0.3) is 10.0 Å². The Morgan fingerprint density at radius 3 is 2.71 bits per heavy atom. The molecule has 0 saturated carbocycles. The largest absolute Gasteiger partial charge is 0.480 e. The summed E-state index contributed by atoms with van der Waals surface area (Å²) < 4.78 is 27.6. The van der Waals surface area contributed by atoms with E-state index in [0.717, 1.165) is 15.4 Å². The average molecular weight is 336 g/mol. The molecular formula is C12H18ClN3O4S. The van der Waals surface area contributed by atoms with Crippen LogP contribution in [0.2, 0.25) is 5.02 Å². The highest BCUT2D eigenvalue weighted by Crippen LogP contribution is 2.32. The van der Waals surface area contributed by atoms with Gasteiger partial charge in [-0.15, -0.1) is 0 Å². The molecule has 1 N–H and O–H groups in total. The zero-order chi connectivity index (χ0) is 15.8. The van der Waals surface area contributed by atoms with Gasteiger partial charge in [0.2, 0.25) is 0 Å². The van der Waals surface area contributed by atoms with Gasteiger partial charge in [-0.25, -0.2) is 8.42 Å². The fraction of sp³-hybridized carbons (Fsp3) is 0.667. The van der Waals surface area contributed by atoms with Crippen molar-refractivity contribution in [3.63, 3.8) is 0 Å². The lowest BCUT2D eigenvalue weighted by molar-refractivity contribution is -0.143. The number of nitrogens with zero attached hydrogens (tertiary/aromatic N) is 3. The predicted molar refractivity (Wildman–Crippen MR) is 76.5 cm³/mol. The van der Waals surface area contributed by atoms with Crippen molar-refractivity contribution >= 4 is 27.6 Å². The topological polar surface area (TPSA) is 92.5 Å². The molecule has 2 unspecified atom stereocenters. The van der Waals surface area contributed by atoms with E-state index in [1.165, 1.54) is 13.2 Å². The van der Waals surface area contributed by atoms with Crippen molar-refractivity contribution in [3.05, 3.63) is 11.2 Å². The quantitative estimate of drug-likeness (QED) is 0.896. The number of halogens is 1. The molecule has 2 rings (SSSR count). The third-order valence-electron chi connectivity index (χ3n) is 3.92. The third kappa shape index (κ3) is 2.93. The van der Waals surface area contributed by atoms with Gasteiger partial charge in [0, 0.05) is 13.6 Å². The van der Waals surface area contributed by atoms with E-state index in [1.54, 1.807) is 0 Å². The number of carboxylic acid groups (broad SMARTS) is 1. The second-order valence-corrected chi connectivity index (χ2v) is 7.40. The van der Waals surface area contributed by atoms with E-state index in [4.69, 9.17) is 11.6 Å².